The van der Waals surface area contributed by atoms with Gasteiger partial charge in [0.2, 0.25) is 11.8 Å². The minimum Gasteiger partial charge on any atom is -0.435 e. The van der Waals surface area contributed by atoms with Gasteiger partial charge in [0, 0.05) is 12.2 Å². The number of nitrogens with two attached hydrogens (primary N) is 1. The van der Waals surface area contributed by atoms with Crippen molar-refractivity contribution in [1.82, 2.24) is 5.32 Å². The van der Waals surface area contributed by atoms with E-state index >= 15 is 0 Å². The molecule has 1 heterocycles. The van der Waals surface area contributed by atoms with Gasteiger partial charge >= 0.3 is 6.61 Å². The van der Waals surface area contributed by atoms with Crippen LogP contribution in [0.1, 0.15) is 12.8 Å². The fourth-order valence-corrected chi connectivity index (χ4v) is 2.33. The van der Waals surface area contributed by atoms with Crippen molar-refractivity contribution in [3.05, 3.63) is 24.3 Å². The number of alkyl halides is 2. The highest BCUT2D eigenvalue weighted by molar-refractivity contribution is 6.00. The van der Waals surface area contributed by atoms with E-state index in [2.05, 4.69) is 10.1 Å². The summed E-state index contributed by atoms with van der Waals surface area (Å²) in [6.45, 7) is -2.56. The number of rotatable bonds is 5. The molecule has 1 aromatic rings. The van der Waals surface area contributed by atoms with Gasteiger partial charge < -0.3 is 20.7 Å². The lowest BCUT2D eigenvalue weighted by Gasteiger charge is -2.32. The summed E-state index contributed by atoms with van der Waals surface area (Å²) in [6, 6.07) is 5.20. The zero-order valence-corrected chi connectivity index (χ0v) is 11.8. The van der Waals surface area contributed by atoms with Crippen LogP contribution in [0.15, 0.2) is 24.3 Å². The highest BCUT2D eigenvalue weighted by atomic mass is 19.3. The predicted molar refractivity (Wildman–Crippen MR) is 75.6 cm³/mol. The topological polar surface area (TPSA) is 84.7 Å². The number of carbonyl (C=O) groups is 2. The van der Waals surface area contributed by atoms with Crippen LogP contribution in [0.2, 0.25) is 0 Å². The molecule has 8 heteroatoms. The third-order valence-corrected chi connectivity index (χ3v) is 3.33. The summed E-state index contributed by atoms with van der Waals surface area (Å²) in [6.07, 6.45) is 1.27. The molecule has 0 saturated carbocycles. The number of piperidine rings is 1. The molecule has 2 amide bonds. The zero-order valence-electron chi connectivity index (χ0n) is 11.8. The van der Waals surface area contributed by atoms with Crippen LogP contribution >= 0.6 is 0 Å². The summed E-state index contributed by atoms with van der Waals surface area (Å²) in [4.78, 5) is 25.2. The molecule has 1 unspecified atom stereocenters. The maximum absolute atomic E-state index is 12.4. The Kier molecular flexibility index (Phi) is 5.26. The first kappa shape index (κ1) is 16.2. The molecule has 1 atom stereocenters. The van der Waals surface area contributed by atoms with E-state index in [-0.39, 0.29) is 24.1 Å². The van der Waals surface area contributed by atoms with Gasteiger partial charge in [0.25, 0.3) is 0 Å². The molecule has 22 heavy (non-hydrogen) atoms. The Morgan fingerprint density at radius 3 is 2.68 bits per heavy atom. The first-order chi connectivity index (χ1) is 10.5. The Hall–Kier alpha value is -2.22. The molecule has 1 aromatic carbocycles. The molecule has 2 rings (SSSR count). The molecule has 1 aliphatic rings. The lowest BCUT2D eigenvalue weighted by molar-refractivity contribution is -0.127. The van der Waals surface area contributed by atoms with Gasteiger partial charge in [0.05, 0.1) is 6.54 Å². The van der Waals surface area contributed by atoms with Crippen LogP contribution in [-0.2, 0) is 9.59 Å². The molecule has 0 spiro atoms. The van der Waals surface area contributed by atoms with Crippen molar-refractivity contribution in [3.63, 3.8) is 0 Å². The van der Waals surface area contributed by atoms with Crippen molar-refractivity contribution < 1.29 is 23.1 Å². The van der Waals surface area contributed by atoms with Crippen LogP contribution in [0, 0.1) is 0 Å². The number of hydrogen-bond donors (Lipinski definition) is 2. The highest BCUT2D eigenvalue weighted by Gasteiger charge is 2.30. The van der Waals surface area contributed by atoms with Gasteiger partial charge in [-0.05, 0) is 37.1 Å². The molecular formula is C14H17F2N3O3. The minimum absolute atomic E-state index is 0.0243. The van der Waals surface area contributed by atoms with Crippen LogP contribution in [-0.4, -0.2) is 37.6 Å². The average molecular weight is 313 g/mol. The van der Waals surface area contributed by atoms with E-state index in [1.54, 1.807) is 0 Å². The molecule has 3 N–H and O–H groups in total. The number of amides is 2. The molecule has 0 radical (unpaired) electrons. The number of ether oxygens (including phenoxy) is 1. The monoisotopic (exact) mass is 313 g/mol. The van der Waals surface area contributed by atoms with Gasteiger partial charge in [-0.25, -0.2) is 0 Å². The third kappa shape index (κ3) is 3.91. The Balaban J connectivity index is 2.07. The number of carbonyl (C=O) groups excluding carboxylic acids is 2. The second kappa shape index (κ2) is 7.17. The molecule has 0 aromatic heterocycles. The Bertz CT molecular complexity index is 537. The van der Waals surface area contributed by atoms with E-state index in [1.165, 1.54) is 29.2 Å². The Labute approximate surface area is 126 Å². The molecular weight excluding hydrogens is 296 g/mol. The molecule has 0 aliphatic carbocycles. The highest BCUT2D eigenvalue weighted by Crippen LogP contribution is 2.24. The maximum Gasteiger partial charge on any atom is 0.387 e. The van der Waals surface area contributed by atoms with Gasteiger partial charge in [0.15, 0.2) is 0 Å². The van der Waals surface area contributed by atoms with Crippen molar-refractivity contribution >= 4 is 17.5 Å². The SMILES string of the molecule is NCC(=O)NC1CCCN(c2ccc(OC(F)F)cc2)C1=O. The summed E-state index contributed by atoms with van der Waals surface area (Å²) >= 11 is 0. The summed E-state index contributed by atoms with van der Waals surface area (Å²) in [5.74, 6) is -0.604. The van der Waals surface area contributed by atoms with E-state index < -0.39 is 12.7 Å². The average Bonchev–Trinajstić information content (AvgIpc) is 2.49. The van der Waals surface area contributed by atoms with Crippen molar-refractivity contribution in [2.75, 3.05) is 18.0 Å². The van der Waals surface area contributed by atoms with Crippen molar-refractivity contribution in [1.29, 1.82) is 0 Å². The van der Waals surface area contributed by atoms with E-state index in [9.17, 15) is 18.4 Å². The summed E-state index contributed by atoms with van der Waals surface area (Å²) < 4.78 is 28.5. The van der Waals surface area contributed by atoms with Gasteiger partial charge in [0.1, 0.15) is 11.8 Å². The van der Waals surface area contributed by atoms with Gasteiger partial charge in [-0.15, -0.1) is 0 Å². The van der Waals surface area contributed by atoms with Crippen molar-refractivity contribution in [3.8, 4) is 5.75 Å². The number of benzene rings is 1. The van der Waals surface area contributed by atoms with Crippen molar-refractivity contribution in [2.45, 2.75) is 25.5 Å². The normalized spacial score (nSPS) is 18.5. The number of hydrogen-bond acceptors (Lipinski definition) is 4. The third-order valence-electron chi connectivity index (χ3n) is 3.33. The summed E-state index contributed by atoms with van der Waals surface area (Å²) in [5.41, 5.74) is 5.79. The second-order valence-corrected chi connectivity index (χ2v) is 4.83. The first-order valence-electron chi connectivity index (χ1n) is 6.87. The molecule has 1 aliphatic heterocycles. The Morgan fingerprint density at radius 1 is 1.41 bits per heavy atom. The van der Waals surface area contributed by atoms with Gasteiger partial charge in [-0.2, -0.15) is 8.78 Å². The first-order valence-corrected chi connectivity index (χ1v) is 6.87. The zero-order chi connectivity index (χ0) is 16.1. The van der Waals surface area contributed by atoms with Crippen LogP contribution in [0.3, 0.4) is 0 Å². The van der Waals surface area contributed by atoms with Crippen molar-refractivity contribution in [2.24, 2.45) is 5.73 Å². The molecule has 1 saturated heterocycles. The molecule has 120 valence electrons. The van der Waals surface area contributed by atoms with E-state index in [1.807, 2.05) is 0 Å². The van der Waals surface area contributed by atoms with Crippen LogP contribution < -0.4 is 20.7 Å². The maximum atomic E-state index is 12.4. The number of nitrogens with zero attached hydrogens (tertiary/aromatic N) is 1. The largest absolute Gasteiger partial charge is 0.435 e. The molecule has 1 fully saturated rings. The van der Waals surface area contributed by atoms with E-state index in [0.29, 0.717) is 18.7 Å². The number of halogens is 2. The van der Waals surface area contributed by atoms with Gasteiger partial charge in [-0.3, -0.25) is 9.59 Å². The fraction of sp³-hybridized carbons (Fsp3) is 0.429. The van der Waals surface area contributed by atoms with Crippen LogP contribution in [0.4, 0.5) is 14.5 Å². The Morgan fingerprint density at radius 2 is 2.09 bits per heavy atom. The summed E-state index contributed by atoms with van der Waals surface area (Å²) in [7, 11) is 0. The lowest BCUT2D eigenvalue weighted by atomic mass is 10.0. The van der Waals surface area contributed by atoms with Crippen LogP contribution in [0.5, 0.6) is 5.75 Å². The van der Waals surface area contributed by atoms with E-state index in [0.717, 1.165) is 6.42 Å². The molecule has 6 nitrogen and oxygen atoms in total. The van der Waals surface area contributed by atoms with E-state index in [4.69, 9.17) is 5.73 Å². The van der Waals surface area contributed by atoms with Crippen LogP contribution in [0.25, 0.3) is 0 Å². The molecule has 0 bridgehead atoms. The summed E-state index contributed by atoms with van der Waals surface area (Å²) in [5, 5.41) is 2.58. The quantitative estimate of drug-likeness (QED) is 0.844. The lowest BCUT2D eigenvalue weighted by Crippen LogP contribution is -2.53. The standard InChI is InChI=1S/C14H17F2N3O3/c15-14(16)22-10-5-3-9(4-6-10)19-7-1-2-11(13(19)21)18-12(20)8-17/h3-6,11,14H,1-2,7-8,17H2,(H,18,20). The number of anilines is 1. The smallest absolute Gasteiger partial charge is 0.387 e. The minimum atomic E-state index is -2.89. The fourth-order valence-electron chi connectivity index (χ4n) is 2.33. The van der Waals surface area contributed by atoms with Gasteiger partial charge in [-0.1, -0.05) is 0 Å². The predicted octanol–water partition coefficient (Wildman–Crippen LogP) is 0.858. The number of nitrogens with one attached hydrogen (secondary N) is 1. The second-order valence-electron chi connectivity index (χ2n) is 4.83.